The van der Waals surface area contributed by atoms with Crippen LogP contribution in [0.25, 0.3) is 0 Å². The lowest BCUT2D eigenvalue weighted by atomic mass is 9.97. The molecular weight excluding hydrogens is 288 g/mol. The highest BCUT2D eigenvalue weighted by atomic mass is 16.5. The second kappa shape index (κ2) is 6.37. The average molecular weight is 308 g/mol. The maximum atomic E-state index is 12.5. The van der Waals surface area contributed by atoms with Crippen LogP contribution in [-0.4, -0.2) is 11.8 Å². The summed E-state index contributed by atoms with van der Waals surface area (Å²) in [4.78, 5) is 24.3. The van der Waals surface area contributed by atoms with Crippen LogP contribution in [0.1, 0.15) is 58.2 Å². The molecule has 1 aliphatic rings. The molecule has 3 nitrogen and oxygen atoms in total. The van der Waals surface area contributed by atoms with Gasteiger partial charge in [-0.2, -0.15) is 0 Å². The number of hydrogen-bond donors (Lipinski definition) is 0. The van der Waals surface area contributed by atoms with E-state index in [1.807, 2.05) is 36.4 Å². The molecule has 23 heavy (non-hydrogen) atoms. The molecule has 2 aromatic carbocycles. The summed E-state index contributed by atoms with van der Waals surface area (Å²) in [5, 5.41) is 0. The van der Waals surface area contributed by atoms with Crippen molar-refractivity contribution in [1.29, 1.82) is 0 Å². The van der Waals surface area contributed by atoms with Crippen molar-refractivity contribution in [2.24, 2.45) is 5.92 Å². The van der Waals surface area contributed by atoms with Crippen molar-refractivity contribution in [1.82, 2.24) is 0 Å². The summed E-state index contributed by atoms with van der Waals surface area (Å²) >= 11 is 0. The van der Waals surface area contributed by atoms with E-state index in [-0.39, 0.29) is 18.2 Å². The van der Waals surface area contributed by atoms with Gasteiger partial charge in [-0.1, -0.05) is 56.3 Å². The Kier molecular flexibility index (Phi) is 4.28. The van der Waals surface area contributed by atoms with Gasteiger partial charge in [0.1, 0.15) is 6.10 Å². The monoisotopic (exact) mass is 308 g/mol. The van der Waals surface area contributed by atoms with Gasteiger partial charge in [-0.05, 0) is 24.0 Å². The van der Waals surface area contributed by atoms with Gasteiger partial charge in [-0.15, -0.1) is 0 Å². The van der Waals surface area contributed by atoms with Gasteiger partial charge in [-0.3, -0.25) is 4.79 Å². The van der Waals surface area contributed by atoms with Gasteiger partial charge < -0.3 is 4.74 Å². The number of ketones is 1. The Morgan fingerprint density at radius 1 is 1.09 bits per heavy atom. The molecule has 1 aliphatic heterocycles. The van der Waals surface area contributed by atoms with Crippen LogP contribution in [0.2, 0.25) is 0 Å². The standard InChI is InChI=1S/C20H20O3/c1-13(2)11-14-7-9-15(10-8-14)18(21)12-19-16-5-3-4-6-17(16)20(22)23-19/h3-10,13,19H,11-12H2,1-2H3/t19-/m0/s1. The van der Waals surface area contributed by atoms with Gasteiger partial charge in [0.2, 0.25) is 0 Å². The Morgan fingerprint density at radius 2 is 1.78 bits per heavy atom. The molecule has 0 amide bonds. The molecule has 0 bridgehead atoms. The number of carbonyl (C=O) groups is 2. The number of rotatable bonds is 5. The van der Waals surface area contributed by atoms with Gasteiger partial charge in [0, 0.05) is 11.1 Å². The predicted octanol–water partition coefficient (Wildman–Crippen LogP) is 4.37. The van der Waals surface area contributed by atoms with Crippen LogP contribution in [0.4, 0.5) is 0 Å². The van der Waals surface area contributed by atoms with E-state index in [0.717, 1.165) is 12.0 Å². The molecule has 2 aromatic rings. The predicted molar refractivity (Wildman–Crippen MR) is 88.5 cm³/mol. The molecule has 0 fully saturated rings. The van der Waals surface area contributed by atoms with Gasteiger partial charge in [0.15, 0.2) is 5.78 Å². The largest absolute Gasteiger partial charge is 0.453 e. The van der Waals surface area contributed by atoms with E-state index in [1.54, 1.807) is 12.1 Å². The first-order valence-corrected chi connectivity index (χ1v) is 7.96. The van der Waals surface area contributed by atoms with E-state index in [2.05, 4.69) is 13.8 Å². The van der Waals surface area contributed by atoms with E-state index in [1.165, 1.54) is 5.56 Å². The summed E-state index contributed by atoms with van der Waals surface area (Å²) in [5.41, 5.74) is 3.27. The van der Waals surface area contributed by atoms with Crippen LogP contribution in [0, 0.1) is 5.92 Å². The maximum absolute atomic E-state index is 12.5. The molecule has 0 radical (unpaired) electrons. The van der Waals surface area contributed by atoms with Crippen LogP contribution in [0.5, 0.6) is 0 Å². The molecule has 1 heterocycles. The molecular formula is C20H20O3. The number of fused-ring (bicyclic) bond motifs is 1. The summed E-state index contributed by atoms with van der Waals surface area (Å²) in [6.45, 7) is 4.34. The Hall–Kier alpha value is -2.42. The van der Waals surface area contributed by atoms with Gasteiger partial charge in [0.05, 0.1) is 12.0 Å². The van der Waals surface area contributed by atoms with Gasteiger partial charge >= 0.3 is 5.97 Å². The first-order chi connectivity index (χ1) is 11.0. The zero-order valence-corrected chi connectivity index (χ0v) is 13.4. The van der Waals surface area contributed by atoms with Crippen molar-refractivity contribution in [3.05, 3.63) is 70.8 Å². The topological polar surface area (TPSA) is 43.4 Å². The summed E-state index contributed by atoms with van der Waals surface area (Å²) in [7, 11) is 0. The maximum Gasteiger partial charge on any atom is 0.339 e. The lowest BCUT2D eigenvalue weighted by Gasteiger charge is -2.10. The van der Waals surface area contributed by atoms with Crippen molar-refractivity contribution in [3.8, 4) is 0 Å². The quantitative estimate of drug-likeness (QED) is 0.608. The molecule has 0 spiro atoms. The first-order valence-electron chi connectivity index (χ1n) is 7.96. The second-order valence-corrected chi connectivity index (χ2v) is 6.40. The van der Waals surface area contributed by atoms with E-state index in [4.69, 9.17) is 4.74 Å². The van der Waals surface area contributed by atoms with E-state index in [9.17, 15) is 9.59 Å². The normalized spacial score (nSPS) is 16.3. The van der Waals surface area contributed by atoms with Crippen LogP contribution in [-0.2, 0) is 11.2 Å². The lowest BCUT2D eigenvalue weighted by Crippen LogP contribution is -2.08. The number of cyclic esters (lactones) is 1. The summed E-state index contributed by atoms with van der Waals surface area (Å²) < 4.78 is 5.34. The highest BCUT2D eigenvalue weighted by molar-refractivity contribution is 5.99. The average Bonchev–Trinajstić information content (AvgIpc) is 2.84. The zero-order valence-electron chi connectivity index (χ0n) is 13.4. The zero-order chi connectivity index (χ0) is 16.4. The Bertz CT molecular complexity index is 729. The molecule has 0 unspecified atom stereocenters. The minimum absolute atomic E-state index is 0.00407. The Labute approximate surface area is 136 Å². The van der Waals surface area contributed by atoms with Gasteiger partial charge in [0.25, 0.3) is 0 Å². The van der Waals surface area contributed by atoms with Crippen molar-refractivity contribution in [3.63, 3.8) is 0 Å². The molecule has 3 heteroatoms. The fraction of sp³-hybridized carbons (Fsp3) is 0.300. The molecule has 0 saturated heterocycles. The first kappa shape index (κ1) is 15.5. The number of ether oxygens (including phenoxy) is 1. The third-order valence-electron chi connectivity index (χ3n) is 4.07. The third kappa shape index (κ3) is 3.34. The third-order valence-corrected chi connectivity index (χ3v) is 4.07. The van der Waals surface area contributed by atoms with Crippen molar-refractivity contribution < 1.29 is 14.3 Å². The SMILES string of the molecule is CC(C)Cc1ccc(C(=O)C[C@@H]2OC(=O)c3ccccc32)cc1. The summed E-state index contributed by atoms with van der Waals surface area (Å²) in [5.74, 6) is 0.243. The smallest absolute Gasteiger partial charge is 0.339 e. The van der Waals surface area contributed by atoms with E-state index >= 15 is 0 Å². The summed E-state index contributed by atoms with van der Waals surface area (Å²) in [6.07, 6.45) is 0.718. The number of carbonyl (C=O) groups excluding carboxylic acids is 2. The van der Waals surface area contributed by atoms with Gasteiger partial charge in [-0.25, -0.2) is 4.79 Å². The van der Waals surface area contributed by atoms with Crippen LogP contribution in [0.15, 0.2) is 48.5 Å². The number of esters is 1. The minimum Gasteiger partial charge on any atom is -0.453 e. The molecule has 0 aromatic heterocycles. The molecule has 118 valence electrons. The summed E-state index contributed by atoms with van der Waals surface area (Å²) in [6, 6.07) is 15.0. The van der Waals surface area contributed by atoms with Crippen LogP contribution < -0.4 is 0 Å². The fourth-order valence-electron chi connectivity index (χ4n) is 2.96. The molecule has 0 saturated carbocycles. The second-order valence-electron chi connectivity index (χ2n) is 6.40. The fourth-order valence-corrected chi connectivity index (χ4v) is 2.96. The van der Waals surface area contributed by atoms with Crippen LogP contribution >= 0.6 is 0 Å². The van der Waals surface area contributed by atoms with Crippen molar-refractivity contribution >= 4 is 11.8 Å². The molecule has 3 rings (SSSR count). The Balaban J connectivity index is 1.72. The Morgan fingerprint density at radius 3 is 2.48 bits per heavy atom. The van der Waals surface area contributed by atoms with Crippen molar-refractivity contribution in [2.45, 2.75) is 32.8 Å². The van der Waals surface area contributed by atoms with E-state index < -0.39 is 6.10 Å². The molecule has 0 N–H and O–H groups in total. The van der Waals surface area contributed by atoms with Crippen molar-refractivity contribution in [2.75, 3.05) is 0 Å². The highest BCUT2D eigenvalue weighted by Crippen LogP contribution is 2.33. The lowest BCUT2D eigenvalue weighted by molar-refractivity contribution is 0.0367. The van der Waals surface area contributed by atoms with Crippen LogP contribution in [0.3, 0.4) is 0 Å². The van der Waals surface area contributed by atoms with E-state index in [0.29, 0.717) is 17.0 Å². The number of Topliss-reactive ketones (excluding diaryl/α,β-unsaturated/α-hetero) is 1. The molecule has 0 aliphatic carbocycles. The molecule has 1 atom stereocenters. The highest BCUT2D eigenvalue weighted by Gasteiger charge is 2.32. The number of benzene rings is 2. The minimum atomic E-state index is -0.471. The number of hydrogen-bond acceptors (Lipinski definition) is 3.